The molecule has 0 aliphatic rings. The molecule has 0 saturated carbocycles. The van der Waals surface area contributed by atoms with Gasteiger partial charge >= 0.3 is 11.9 Å². The van der Waals surface area contributed by atoms with Gasteiger partial charge in [-0.2, -0.15) is 0 Å². The topological polar surface area (TPSA) is 140 Å². The minimum absolute atomic E-state index is 0.0727. The van der Waals surface area contributed by atoms with Crippen molar-refractivity contribution < 1.29 is 33.4 Å². The molecule has 0 aliphatic carbocycles. The number of hydrogen-bond acceptors (Lipinski definition) is 7. The predicted molar refractivity (Wildman–Crippen MR) is 170 cm³/mol. The fourth-order valence-corrected chi connectivity index (χ4v) is 4.61. The number of ether oxygens (including phenoxy) is 2. The van der Waals surface area contributed by atoms with E-state index < -0.39 is 35.9 Å². The summed E-state index contributed by atoms with van der Waals surface area (Å²) in [6.45, 7) is 15.3. The van der Waals surface area contributed by atoms with Gasteiger partial charge in [-0.3, -0.25) is 19.2 Å². The van der Waals surface area contributed by atoms with Gasteiger partial charge in [0.15, 0.2) is 0 Å². The third kappa shape index (κ3) is 16.8. The van der Waals surface area contributed by atoms with E-state index >= 15 is 0 Å². The molecule has 10 heteroatoms. The molecular weight excluding hydrogens is 562 g/mol. The quantitative estimate of drug-likeness (QED) is 0.101. The zero-order valence-corrected chi connectivity index (χ0v) is 27.4. The number of esters is 2. The molecule has 0 fully saturated rings. The van der Waals surface area contributed by atoms with Crippen LogP contribution in [0.15, 0.2) is 43.2 Å². The van der Waals surface area contributed by atoms with Crippen LogP contribution in [0.1, 0.15) is 98.5 Å². The monoisotopic (exact) mass is 615 g/mol. The number of unbranched alkanes of at least 4 members (excludes halogenated alkanes) is 2. The van der Waals surface area contributed by atoms with Gasteiger partial charge in [-0.05, 0) is 55.4 Å². The number of hydrogen-bond donors (Lipinski definition) is 3. The van der Waals surface area contributed by atoms with Crippen molar-refractivity contribution in [3.63, 3.8) is 0 Å². The zero-order chi connectivity index (χ0) is 33.1. The maximum absolute atomic E-state index is 13.4. The molecule has 0 saturated heterocycles. The number of amides is 3. The van der Waals surface area contributed by atoms with E-state index in [1.807, 2.05) is 71.9 Å². The summed E-state index contributed by atoms with van der Waals surface area (Å²) in [7, 11) is 0. The molecule has 0 radical (unpaired) electrons. The maximum atomic E-state index is 13.4. The van der Waals surface area contributed by atoms with Gasteiger partial charge in [-0.25, -0.2) is 4.79 Å². The van der Waals surface area contributed by atoms with E-state index in [0.717, 1.165) is 11.8 Å². The Morgan fingerprint density at radius 3 is 1.75 bits per heavy atom. The smallest absolute Gasteiger partial charge is 0.333 e. The first-order valence-corrected chi connectivity index (χ1v) is 15.7. The Morgan fingerprint density at radius 1 is 0.705 bits per heavy atom. The van der Waals surface area contributed by atoms with E-state index in [2.05, 4.69) is 22.5 Å². The van der Waals surface area contributed by atoms with Crippen molar-refractivity contribution in [2.24, 2.45) is 17.8 Å². The molecule has 1 rings (SSSR count). The lowest BCUT2D eigenvalue weighted by Gasteiger charge is -2.27. The van der Waals surface area contributed by atoms with Crippen molar-refractivity contribution in [2.75, 3.05) is 0 Å². The first-order valence-electron chi connectivity index (χ1n) is 15.7. The highest BCUT2D eigenvalue weighted by molar-refractivity contribution is 5.93. The van der Waals surface area contributed by atoms with Crippen LogP contribution < -0.4 is 16.0 Å². The molecule has 3 amide bonds. The van der Waals surface area contributed by atoms with E-state index in [4.69, 9.17) is 9.47 Å². The van der Waals surface area contributed by atoms with Crippen LogP contribution in [0.3, 0.4) is 0 Å². The van der Waals surface area contributed by atoms with Crippen molar-refractivity contribution in [3.05, 3.63) is 48.7 Å². The lowest BCUT2D eigenvalue weighted by atomic mass is 9.99. The van der Waals surface area contributed by atoms with Crippen LogP contribution in [-0.4, -0.2) is 47.8 Å². The van der Waals surface area contributed by atoms with Gasteiger partial charge in [-0.1, -0.05) is 84.9 Å². The SMILES string of the molecule is C=COC(=O)[C@H](CC(C)C)NC(=O)[C@H](CC(C)C)NC(=O)[C@H](CC(C)C)NC(=O)CCCCCC(=O)OCc1ccccc1. The van der Waals surface area contributed by atoms with Crippen molar-refractivity contribution in [3.8, 4) is 0 Å². The number of rotatable bonds is 21. The highest BCUT2D eigenvalue weighted by Crippen LogP contribution is 2.13. The number of carbonyl (C=O) groups excluding carboxylic acids is 5. The van der Waals surface area contributed by atoms with Gasteiger partial charge < -0.3 is 25.4 Å². The molecule has 246 valence electrons. The van der Waals surface area contributed by atoms with E-state index in [1.165, 1.54) is 0 Å². The highest BCUT2D eigenvalue weighted by atomic mass is 16.5. The van der Waals surface area contributed by atoms with Crippen molar-refractivity contribution >= 4 is 29.7 Å². The molecule has 1 aromatic rings. The fourth-order valence-electron chi connectivity index (χ4n) is 4.61. The molecule has 0 aromatic heterocycles. The standard InChI is InChI=1S/C34H53N3O7/c1-8-43-34(42)29(21-25(6)7)37-33(41)28(20-24(4)5)36-32(40)27(19-23(2)3)35-30(38)17-13-10-14-18-31(39)44-22-26-15-11-9-12-16-26/h8-9,11-12,15-16,23-25,27-29H,1,10,13-14,17-22H2,2-7H3,(H,35,38)(H,36,40)(H,37,41)/t27-,28-,29-/m0/s1. The normalized spacial score (nSPS) is 13.1. The lowest BCUT2D eigenvalue weighted by molar-refractivity contribution is -0.145. The van der Waals surface area contributed by atoms with Crippen LogP contribution in [-0.2, 0) is 40.1 Å². The Hall–Kier alpha value is -3.69. The highest BCUT2D eigenvalue weighted by Gasteiger charge is 2.31. The summed E-state index contributed by atoms with van der Waals surface area (Å²) in [4.78, 5) is 63.8. The first-order chi connectivity index (χ1) is 20.8. The second-order valence-corrected chi connectivity index (χ2v) is 12.4. The molecule has 44 heavy (non-hydrogen) atoms. The summed E-state index contributed by atoms with van der Waals surface area (Å²) >= 11 is 0. The summed E-state index contributed by atoms with van der Waals surface area (Å²) in [5.41, 5.74) is 0.928. The van der Waals surface area contributed by atoms with Gasteiger partial charge in [0.2, 0.25) is 17.7 Å². The van der Waals surface area contributed by atoms with E-state index in [0.29, 0.717) is 38.5 Å². The van der Waals surface area contributed by atoms with Crippen LogP contribution in [0.5, 0.6) is 0 Å². The Balaban J connectivity index is 2.68. The number of carbonyl (C=O) groups is 5. The predicted octanol–water partition coefficient (Wildman–Crippen LogP) is 4.96. The lowest BCUT2D eigenvalue weighted by Crippen LogP contribution is -2.56. The summed E-state index contributed by atoms with van der Waals surface area (Å²) in [5, 5.41) is 8.37. The molecule has 10 nitrogen and oxygen atoms in total. The fraction of sp³-hybridized carbons (Fsp3) is 0.618. The third-order valence-corrected chi connectivity index (χ3v) is 6.73. The molecule has 1 aromatic carbocycles. The van der Waals surface area contributed by atoms with E-state index in [-0.39, 0.29) is 49.1 Å². The summed E-state index contributed by atoms with van der Waals surface area (Å²) in [6.07, 6.45) is 4.43. The van der Waals surface area contributed by atoms with Gasteiger partial charge in [0.1, 0.15) is 24.7 Å². The minimum Gasteiger partial charge on any atom is -0.461 e. The molecule has 3 N–H and O–H groups in total. The molecule has 0 aliphatic heterocycles. The molecule has 0 unspecified atom stereocenters. The summed E-state index contributed by atoms with van der Waals surface area (Å²) < 4.78 is 10.2. The molecule has 0 heterocycles. The van der Waals surface area contributed by atoms with E-state index in [9.17, 15) is 24.0 Å². The van der Waals surface area contributed by atoms with Crippen molar-refractivity contribution in [2.45, 2.75) is 118 Å². The molecule has 3 atom stereocenters. The number of benzene rings is 1. The zero-order valence-electron chi connectivity index (χ0n) is 27.4. The van der Waals surface area contributed by atoms with Gasteiger partial charge in [0.25, 0.3) is 0 Å². The van der Waals surface area contributed by atoms with Crippen LogP contribution in [0.25, 0.3) is 0 Å². The van der Waals surface area contributed by atoms with Gasteiger partial charge in [-0.15, -0.1) is 0 Å². The maximum Gasteiger partial charge on any atom is 0.333 e. The number of nitrogens with one attached hydrogen (secondary N) is 3. The van der Waals surface area contributed by atoms with Crippen LogP contribution in [0, 0.1) is 17.8 Å². The minimum atomic E-state index is -0.901. The van der Waals surface area contributed by atoms with Gasteiger partial charge in [0, 0.05) is 12.8 Å². The molecule has 0 spiro atoms. The second-order valence-electron chi connectivity index (χ2n) is 12.4. The Labute approximate surface area is 263 Å². The van der Waals surface area contributed by atoms with E-state index in [1.54, 1.807) is 0 Å². The van der Waals surface area contributed by atoms with Crippen molar-refractivity contribution in [1.29, 1.82) is 0 Å². The largest absolute Gasteiger partial charge is 0.461 e. The average molecular weight is 616 g/mol. The molecule has 0 bridgehead atoms. The Kier molecular flexibility index (Phi) is 18.4. The van der Waals surface area contributed by atoms with Gasteiger partial charge in [0.05, 0.1) is 6.26 Å². The first kappa shape index (κ1) is 38.3. The Bertz CT molecular complexity index is 1060. The Morgan fingerprint density at radius 2 is 1.20 bits per heavy atom. The summed E-state index contributed by atoms with van der Waals surface area (Å²) in [5.74, 6) is -1.83. The average Bonchev–Trinajstić information content (AvgIpc) is 2.94. The van der Waals surface area contributed by atoms with Crippen LogP contribution in [0.4, 0.5) is 0 Å². The third-order valence-electron chi connectivity index (χ3n) is 6.73. The second kappa shape index (κ2) is 21.1. The van der Waals surface area contributed by atoms with Crippen molar-refractivity contribution in [1.82, 2.24) is 16.0 Å². The van der Waals surface area contributed by atoms with Crippen LogP contribution >= 0.6 is 0 Å². The summed E-state index contributed by atoms with van der Waals surface area (Å²) in [6, 6.07) is 6.85. The molecular formula is C34H53N3O7. The van der Waals surface area contributed by atoms with Crippen LogP contribution in [0.2, 0.25) is 0 Å².